The number of anilines is 1. The Morgan fingerprint density at radius 1 is 1.50 bits per heavy atom. The number of methoxy groups -OCH3 is 1. The smallest absolute Gasteiger partial charge is 0.139 e. The predicted octanol–water partition coefficient (Wildman–Crippen LogP) is 3.23. The summed E-state index contributed by atoms with van der Waals surface area (Å²) in [4.78, 5) is 0. The fourth-order valence-corrected chi connectivity index (χ4v) is 2.59. The van der Waals surface area contributed by atoms with Crippen molar-refractivity contribution in [3.8, 4) is 5.75 Å². The van der Waals surface area contributed by atoms with Crippen LogP contribution >= 0.6 is 22.9 Å². The Bertz CT molecular complexity index is 466. The lowest BCUT2D eigenvalue weighted by molar-refractivity contribution is 0.421. The van der Waals surface area contributed by atoms with Crippen molar-refractivity contribution < 1.29 is 4.74 Å². The maximum absolute atomic E-state index is 5.99. The van der Waals surface area contributed by atoms with Crippen molar-refractivity contribution in [1.82, 2.24) is 0 Å². The number of hydrogen-bond donors (Lipinski definition) is 1. The van der Waals surface area contributed by atoms with E-state index in [9.17, 15) is 0 Å². The quantitative estimate of drug-likeness (QED) is 0.632. The average Bonchev–Trinajstić information content (AvgIpc) is 2.62. The van der Waals surface area contributed by atoms with Gasteiger partial charge in [0.15, 0.2) is 0 Å². The number of ether oxygens (including phenoxy) is 1. The second-order valence-electron chi connectivity index (χ2n) is 2.95. The molecule has 0 fully saturated rings. The molecule has 0 bridgehead atoms. The van der Waals surface area contributed by atoms with Crippen molar-refractivity contribution in [2.24, 2.45) is 0 Å². The molecule has 0 aliphatic rings. The van der Waals surface area contributed by atoms with Crippen LogP contribution in [0.1, 0.15) is 5.56 Å². The molecule has 1 heterocycles. The van der Waals surface area contributed by atoms with Gasteiger partial charge in [0, 0.05) is 21.6 Å². The van der Waals surface area contributed by atoms with Crippen LogP contribution in [0.15, 0.2) is 17.5 Å². The van der Waals surface area contributed by atoms with Gasteiger partial charge in [-0.1, -0.05) is 6.07 Å². The molecular formula is C10H10ClNOS. The van der Waals surface area contributed by atoms with Crippen molar-refractivity contribution in [2.75, 3.05) is 12.8 Å². The number of thiophene rings is 1. The second-order valence-corrected chi connectivity index (χ2v) is 4.13. The first-order valence-electron chi connectivity index (χ1n) is 4.16. The molecule has 14 heavy (non-hydrogen) atoms. The molecule has 74 valence electrons. The van der Waals surface area contributed by atoms with Crippen molar-refractivity contribution >= 4 is 38.7 Å². The highest BCUT2D eigenvalue weighted by Gasteiger charge is 2.10. The molecule has 2 rings (SSSR count). The number of nitrogens with two attached hydrogens (primary N) is 1. The zero-order valence-corrected chi connectivity index (χ0v) is 9.28. The van der Waals surface area contributed by atoms with Crippen LogP contribution in [0.2, 0.25) is 0 Å². The van der Waals surface area contributed by atoms with Crippen molar-refractivity contribution in [1.29, 1.82) is 0 Å². The minimum absolute atomic E-state index is 0.431. The first-order valence-corrected chi connectivity index (χ1v) is 5.58. The van der Waals surface area contributed by atoms with E-state index in [1.165, 1.54) is 0 Å². The minimum Gasteiger partial charge on any atom is -0.495 e. The average molecular weight is 228 g/mol. The largest absolute Gasteiger partial charge is 0.495 e. The zero-order chi connectivity index (χ0) is 10.1. The van der Waals surface area contributed by atoms with Crippen LogP contribution in [0.25, 0.3) is 10.1 Å². The van der Waals surface area contributed by atoms with Crippen LogP contribution in [-0.4, -0.2) is 7.11 Å². The first-order chi connectivity index (χ1) is 6.77. The van der Waals surface area contributed by atoms with Gasteiger partial charge in [-0.3, -0.25) is 0 Å². The van der Waals surface area contributed by atoms with E-state index in [-0.39, 0.29) is 0 Å². The normalized spacial score (nSPS) is 10.7. The summed E-state index contributed by atoms with van der Waals surface area (Å²) in [6.07, 6.45) is 0. The summed E-state index contributed by atoms with van der Waals surface area (Å²) >= 11 is 7.40. The summed E-state index contributed by atoms with van der Waals surface area (Å²) in [5.41, 5.74) is 7.68. The van der Waals surface area contributed by atoms with E-state index in [4.69, 9.17) is 22.1 Å². The molecule has 4 heteroatoms. The Labute approximate surface area is 91.2 Å². The Hall–Kier alpha value is -0.930. The molecule has 0 aliphatic carbocycles. The van der Waals surface area contributed by atoms with E-state index < -0.39 is 0 Å². The summed E-state index contributed by atoms with van der Waals surface area (Å²) in [5, 5.41) is 2.94. The predicted molar refractivity (Wildman–Crippen MR) is 62.3 cm³/mol. The number of rotatable bonds is 2. The summed E-state index contributed by atoms with van der Waals surface area (Å²) in [7, 11) is 1.65. The third-order valence-corrected chi connectivity index (χ3v) is 3.41. The van der Waals surface area contributed by atoms with Gasteiger partial charge in [-0.15, -0.1) is 22.9 Å². The molecule has 0 spiro atoms. The molecule has 0 amide bonds. The summed E-state index contributed by atoms with van der Waals surface area (Å²) in [5.74, 6) is 1.26. The maximum atomic E-state index is 5.99. The fourth-order valence-electron chi connectivity index (χ4n) is 1.44. The van der Waals surface area contributed by atoms with Gasteiger partial charge in [-0.25, -0.2) is 0 Å². The van der Waals surface area contributed by atoms with Gasteiger partial charge in [0.05, 0.1) is 12.5 Å². The Balaban J connectivity index is 2.77. The zero-order valence-electron chi connectivity index (χ0n) is 7.71. The minimum atomic E-state index is 0.431. The van der Waals surface area contributed by atoms with E-state index in [1.807, 2.05) is 17.5 Å². The van der Waals surface area contributed by atoms with Gasteiger partial charge in [-0.05, 0) is 11.6 Å². The third-order valence-electron chi connectivity index (χ3n) is 2.20. The number of alkyl halides is 1. The van der Waals surface area contributed by atoms with Crippen molar-refractivity contribution in [2.45, 2.75) is 5.88 Å². The van der Waals surface area contributed by atoms with E-state index >= 15 is 0 Å². The van der Waals surface area contributed by atoms with E-state index in [2.05, 4.69) is 0 Å². The number of nitrogen functional groups attached to an aromatic ring is 1. The lowest BCUT2D eigenvalue weighted by Crippen LogP contribution is -1.93. The number of fused-ring (bicyclic) bond motifs is 1. The van der Waals surface area contributed by atoms with Crippen molar-refractivity contribution in [3.63, 3.8) is 0 Å². The SMILES string of the molecule is COc1csc2ccc(CCl)c(N)c12. The van der Waals surface area contributed by atoms with Gasteiger partial charge in [0.25, 0.3) is 0 Å². The summed E-state index contributed by atoms with van der Waals surface area (Å²) in [6, 6.07) is 3.98. The monoisotopic (exact) mass is 227 g/mol. The van der Waals surface area contributed by atoms with Crippen LogP contribution in [0.4, 0.5) is 5.69 Å². The van der Waals surface area contributed by atoms with Gasteiger partial charge in [0.2, 0.25) is 0 Å². The molecule has 0 atom stereocenters. The fraction of sp³-hybridized carbons (Fsp3) is 0.200. The van der Waals surface area contributed by atoms with Crippen LogP contribution in [-0.2, 0) is 5.88 Å². The molecule has 0 unspecified atom stereocenters. The first kappa shape index (κ1) is 9.62. The Morgan fingerprint density at radius 3 is 2.93 bits per heavy atom. The van der Waals surface area contributed by atoms with Gasteiger partial charge in [-0.2, -0.15) is 0 Å². The van der Waals surface area contributed by atoms with E-state index in [0.29, 0.717) is 5.88 Å². The molecule has 0 radical (unpaired) electrons. The molecule has 0 saturated carbocycles. The van der Waals surface area contributed by atoms with Gasteiger partial charge in [0.1, 0.15) is 5.75 Å². The van der Waals surface area contributed by atoms with Crippen molar-refractivity contribution in [3.05, 3.63) is 23.1 Å². The third kappa shape index (κ3) is 1.33. The lowest BCUT2D eigenvalue weighted by Gasteiger charge is -2.05. The number of halogens is 1. The lowest BCUT2D eigenvalue weighted by atomic mass is 10.1. The summed E-state index contributed by atoms with van der Waals surface area (Å²) < 4.78 is 6.37. The molecule has 1 aromatic carbocycles. The molecule has 0 aliphatic heterocycles. The topological polar surface area (TPSA) is 35.2 Å². The van der Waals surface area contributed by atoms with Crippen LogP contribution < -0.4 is 10.5 Å². The highest BCUT2D eigenvalue weighted by atomic mass is 35.5. The molecule has 0 saturated heterocycles. The summed E-state index contributed by atoms with van der Waals surface area (Å²) in [6.45, 7) is 0. The number of benzene rings is 1. The highest BCUT2D eigenvalue weighted by molar-refractivity contribution is 7.17. The Kier molecular flexibility index (Phi) is 2.52. The van der Waals surface area contributed by atoms with Gasteiger partial charge >= 0.3 is 0 Å². The van der Waals surface area contributed by atoms with Crippen LogP contribution in [0, 0.1) is 0 Å². The highest BCUT2D eigenvalue weighted by Crippen LogP contribution is 2.38. The molecule has 2 N–H and O–H groups in total. The molecule has 2 nitrogen and oxygen atoms in total. The maximum Gasteiger partial charge on any atom is 0.139 e. The number of hydrogen-bond acceptors (Lipinski definition) is 3. The van der Waals surface area contributed by atoms with Crippen LogP contribution in [0.5, 0.6) is 5.75 Å². The molecular weight excluding hydrogens is 218 g/mol. The van der Waals surface area contributed by atoms with Crippen LogP contribution in [0.3, 0.4) is 0 Å². The van der Waals surface area contributed by atoms with Gasteiger partial charge < -0.3 is 10.5 Å². The van der Waals surface area contributed by atoms with E-state index in [1.54, 1.807) is 18.4 Å². The van der Waals surface area contributed by atoms with E-state index in [0.717, 1.165) is 27.1 Å². The second kappa shape index (κ2) is 3.67. The standard InChI is InChI=1S/C10H10ClNOS/c1-13-7-5-14-8-3-2-6(4-11)10(12)9(7)8/h2-3,5H,4,12H2,1H3. The molecule has 1 aromatic heterocycles. The Morgan fingerprint density at radius 2 is 2.29 bits per heavy atom. The molecule has 2 aromatic rings.